The maximum Gasteiger partial charge on any atom is 0.182 e. The molecule has 2 rings (SSSR count). The van der Waals surface area contributed by atoms with Gasteiger partial charge >= 0.3 is 0 Å². The predicted octanol–water partition coefficient (Wildman–Crippen LogP) is 4.18. The average Bonchev–Trinajstić information content (AvgIpc) is 2.59. The second-order valence-electron chi connectivity index (χ2n) is 5.72. The van der Waals surface area contributed by atoms with Crippen molar-refractivity contribution in [1.29, 1.82) is 0 Å². The van der Waals surface area contributed by atoms with E-state index in [1.54, 1.807) is 31.5 Å². The quantitative estimate of drug-likeness (QED) is 0.465. The Balaban J connectivity index is 2.12. The highest BCUT2D eigenvalue weighted by Gasteiger charge is 2.13. The van der Waals surface area contributed by atoms with Crippen molar-refractivity contribution in [2.45, 2.75) is 13.8 Å². The standard InChI is InChI=1S/C19H21F2N3O/c1-4-24(3)12-23-18-8-13(2)16(10-17(18)21)19(25)11-22-15-7-5-6-14(20)9-15/h5-10,12,22H,4,11H2,1-3H3. The maximum absolute atomic E-state index is 14.2. The fraction of sp³-hybridized carbons (Fsp3) is 0.263. The molecular weight excluding hydrogens is 324 g/mol. The molecule has 0 saturated carbocycles. The molecule has 0 saturated heterocycles. The van der Waals surface area contributed by atoms with Crippen LogP contribution in [0, 0.1) is 18.6 Å². The summed E-state index contributed by atoms with van der Waals surface area (Å²) < 4.78 is 27.3. The van der Waals surface area contributed by atoms with Crippen molar-refractivity contribution in [3.05, 3.63) is 59.2 Å². The Kier molecular flexibility index (Phi) is 6.22. The summed E-state index contributed by atoms with van der Waals surface area (Å²) in [5.74, 6) is -1.22. The molecule has 6 heteroatoms. The Labute approximate surface area is 146 Å². The molecule has 25 heavy (non-hydrogen) atoms. The SMILES string of the molecule is CCN(C)C=Nc1cc(C)c(C(=O)CNc2cccc(F)c2)cc1F. The molecule has 0 amide bonds. The van der Waals surface area contributed by atoms with Crippen LogP contribution in [0.25, 0.3) is 0 Å². The number of hydrogen-bond donors (Lipinski definition) is 1. The minimum absolute atomic E-state index is 0.0507. The van der Waals surface area contributed by atoms with Gasteiger partial charge in [0.1, 0.15) is 17.3 Å². The number of Topliss-reactive ketones (excluding diaryl/α,β-unsaturated/α-hetero) is 1. The van der Waals surface area contributed by atoms with E-state index in [1.807, 2.05) is 18.9 Å². The molecule has 0 unspecified atom stereocenters. The zero-order valence-corrected chi connectivity index (χ0v) is 14.5. The summed E-state index contributed by atoms with van der Waals surface area (Å²) in [6.45, 7) is 4.40. The summed E-state index contributed by atoms with van der Waals surface area (Å²) in [5, 5.41) is 2.84. The molecule has 4 nitrogen and oxygen atoms in total. The number of carbonyl (C=O) groups is 1. The van der Waals surface area contributed by atoms with Crippen LogP contribution >= 0.6 is 0 Å². The van der Waals surface area contributed by atoms with Crippen LogP contribution in [0.4, 0.5) is 20.2 Å². The third kappa shape index (κ3) is 5.11. The first kappa shape index (κ1) is 18.6. The van der Waals surface area contributed by atoms with E-state index in [2.05, 4.69) is 10.3 Å². The molecule has 0 aliphatic rings. The summed E-state index contributed by atoms with van der Waals surface area (Å²) in [7, 11) is 1.84. The normalized spacial score (nSPS) is 10.9. The Morgan fingerprint density at radius 3 is 2.72 bits per heavy atom. The number of anilines is 1. The molecule has 0 fully saturated rings. The van der Waals surface area contributed by atoms with Gasteiger partial charge in [-0.1, -0.05) is 6.07 Å². The zero-order valence-electron chi connectivity index (χ0n) is 14.5. The molecule has 0 spiro atoms. The van der Waals surface area contributed by atoms with Crippen molar-refractivity contribution in [2.24, 2.45) is 4.99 Å². The van der Waals surface area contributed by atoms with E-state index in [9.17, 15) is 13.6 Å². The molecule has 0 bridgehead atoms. The summed E-state index contributed by atoms with van der Waals surface area (Å²) >= 11 is 0. The fourth-order valence-corrected chi connectivity index (χ4v) is 2.18. The molecular formula is C19H21F2N3O. The molecule has 0 heterocycles. The van der Waals surface area contributed by atoms with Gasteiger partial charge in [0.15, 0.2) is 5.78 Å². The molecule has 0 aromatic heterocycles. The molecule has 0 aliphatic carbocycles. The van der Waals surface area contributed by atoms with Crippen LogP contribution in [-0.2, 0) is 0 Å². The Morgan fingerprint density at radius 2 is 2.04 bits per heavy atom. The number of rotatable bonds is 7. The number of hydrogen-bond acceptors (Lipinski definition) is 3. The third-order valence-corrected chi connectivity index (χ3v) is 3.76. The number of ketones is 1. The first-order valence-corrected chi connectivity index (χ1v) is 7.98. The van der Waals surface area contributed by atoms with Crippen LogP contribution in [0.3, 0.4) is 0 Å². The van der Waals surface area contributed by atoms with Gasteiger partial charge in [0.2, 0.25) is 0 Å². The van der Waals surface area contributed by atoms with E-state index in [0.29, 0.717) is 11.3 Å². The number of nitrogens with one attached hydrogen (secondary N) is 1. The van der Waals surface area contributed by atoms with E-state index in [-0.39, 0.29) is 29.4 Å². The lowest BCUT2D eigenvalue weighted by molar-refractivity contribution is 0.100. The highest BCUT2D eigenvalue weighted by atomic mass is 19.1. The molecule has 1 N–H and O–H groups in total. The number of halogens is 2. The molecule has 0 radical (unpaired) electrons. The summed E-state index contributed by atoms with van der Waals surface area (Å²) in [6.07, 6.45) is 1.55. The van der Waals surface area contributed by atoms with Gasteiger partial charge in [0.25, 0.3) is 0 Å². The van der Waals surface area contributed by atoms with E-state index < -0.39 is 5.82 Å². The first-order chi connectivity index (χ1) is 11.9. The van der Waals surface area contributed by atoms with Crippen molar-refractivity contribution >= 4 is 23.5 Å². The number of carbonyl (C=O) groups excluding carboxylic acids is 1. The van der Waals surface area contributed by atoms with E-state index in [0.717, 1.165) is 6.54 Å². The Bertz CT molecular complexity index is 790. The van der Waals surface area contributed by atoms with Crippen molar-refractivity contribution in [1.82, 2.24) is 4.90 Å². The largest absolute Gasteiger partial charge is 0.377 e. The topological polar surface area (TPSA) is 44.7 Å². The monoisotopic (exact) mass is 345 g/mol. The van der Waals surface area contributed by atoms with Crippen LogP contribution in [0.1, 0.15) is 22.8 Å². The van der Waals surface area contributed by atoms with Gasteiger partial charge < -0.3 is 10.2 Å². The number of nitrogens with zero attached hydrogens (tertiary/aromatic N) is 2. The summed E-state index contributed by atoms with van der Waals surface area (Å²) in [4.78, 5) is 18.2. The lowest BCUT2D eigenvalue weighted by Gasteiger charge is -2.11. The predicted molar refractivity (Wildman–Crippen MR) is 96.8 cm³/mol. The Morgan fingerprint density at radius 1 is 1.28 bits per heavy atom. The van der Waals surface area contributed by atoms with Crippen molar-refractivity contribution in [3.8, 4) is 0 Å². The number of aliphatic imine (C=N–C) groups is 1. The van der Waals surface area contributed by atoms with Crippen LogP contribution < -0.4 is 5.32 Å². The van der Waals surface area contributed by atoms with Crippen LogP contribution in [-0.4, -0.2) is 37.2 Å². The minimum Gasteiger partial charge on any atom is -0.377 e. The molecule has 2 aromatic carbocycles. The summed E-state index contributed by atoms with van der Waals surface area (Å²) in [5.41, 5.74) is 1.60. The van der Waals surface area contributed by atoms with Gasteiger partial charge in [-0.3, -0.25) is 4.79 Å². The third-order valence-electron chi connectivity index (χ3n) is 3.76. The highest BCUT2D eigenvalue weighted by Crippen LogP contribution is 2.23. The van der Waals surface area contributed by atoms with Crippen molar-refractivity contribution in [3.63, 3.8) is 0 Å². The number of benzene rings is 2. The van der Waals surface area contributed by atoms with Crippen molar-refractivity contribution in [2.75, 3.05) is 25.5 Å². The lowest BCUT2D eigenvalue weighted by Crippen LogP contribution is -2.16. The van der Waals surface area contributed by atoms with Crippen molar-refractivity contribution < 1.29 is 13.6 Å². The van der Waals surface area contributed by atoms with Gasteiger partial charge in [-0.15, -0.1) is 0 Å². The van der Waals surface area contributed by atoms with Crippen LogP contribution in [0.2, 0.25) is 0 Å². The first-order valence-electron chi connectivity index (χ1n) is 7.98. The summed E-state index contributed by atoms with van der Waals surface area (Å²) in [6, 6.07) is 8.57. The average molecular weight is 345 g/mol. The van der Waals surface area contributed by atoms with Gasteiger partial charge in [-0.2, -0.15) is 0 Å². The van der Waals surface area contributed by atoms with Gasteiger partial charge in [0, 0.05) is 24.8 Å². The molecule has 2 aromatic rings. The molecule has 132 valence electrons. The van der Waals surface area contributed by atoms with E-state index in [1.165, 1.54) is 18.2 Å². The smallest absolute Gasteiger partial charge is 0.182 e. The van der Waals surface area contributed by atoms with E-state index in [4.69, 9.17) is 0 Å². The molecule has 0 aliphatic heterocycles. The van der Waals surface area contributed by atoms with E-state index >= 15 is 0 Å². The Hall–Kier alpha value is -2.76. The molecule has 0 atom stereocenters. The van der Waals surface area contributed by atoms with Crippen LogP contribution in [0.5, 0.6) is 0 Å². The zero-order chi connectivity index (χ0) is 18.4. The lowest BCUT2D eigenvalue weighted by atomic mass is 10.0. The van der Waals surface area contributed by atoms with Gasteiger partial charge in [-0.25, -0.2) is 13.8 Å². The maximum atomic E-state index is 14.2. The van der Waals surface area contributed by atoms with Gasteiger partial charge in [-0.05, 0) is 49.7 Å². The minimum atomic E-state index is -0.555. The fourth-order valence-electron chi connectivity index (χ4n) is 2.18. The second kappa shape index (κ2) is 8.37. The second-order valence-corrected chi connectivity index (χ2v) is 5.72. The highest BCUT2D eigenvalue weighted by molar-refractivity contribution is 6.00. The van der Waals surface area contributed by atoms with Gasteiger partial charge in [0.05, 0.1) is 12.9 Å². The number of aryl methyl sites for hydroxylation is 1. The van der Waals surface area contributed by atoms with Crippen LogP contribution in [0.15, 0.2) is 41.4 Å².